The SMILES string of the molecule is Cc1ccc2c(c1)c(=O)n(C)c1nnc(CN3CCN(CC(C)C)CC3)n21. The molecule has 0 spiro atoms. The molecule has 1 aromatic carbocycles. The summed E-state index contributed by atoms with van der Waals surface area (Å²) in [5, 5.41) is 9.46. The van der Waals surface area contributed by atoms with Gasteiger partial charge in [0.2, 0.25) is 5.78 Å². The van der Waals surface area contributed by atoms with Crippen molar-refractivity contribution < 1.29 is 0 Å². The van der Waals surface area contributed by atoms with Crippen molar-refractivity contribution in [1.29, 1.82) is 0 Å². The molecule has 1 saturated heterocycles. The fraction of sp³-hybridized carbons (Fsp3) is 0.550. The van der Waals surface area contributed by atoms with Crippen LogP contribution in [0.3, 0.4) is 0 Å². The lowest BCUT2D eigenvalue weighted by atomic mass is 10.1. The molecule has 0 atom stereocenters. The molecule has 1 fully saturated rings. The molecule has 27 heavy (non-hydrogen) atoms. The number of fused-ring (bicyclic) bond motifs is 3. The van der Waals surface area contributed by atoms with Gasteiger partial charge in [-0.3, -0.25) is 18.7 Å². The second-order valence-electron chi connectivity index (χ2n) is 8.11. The van der Waals surface area contributed by atoms with Crippen molar-refractivity contribution in [3.05, 3.63) is 39.9 Å². The van der Waals surface area contributed by atoms with Gasteiger partial charge in [0, 0.05) is 39.8 Å². The Balaban J connectivity index is 1.66. The molecule has 0 amide bonds. The van der Waals surface area contributed by atoms with Crippen LogP contribution in [0.2, 0.25) is 0 Å². The lowest BCUT2D eigenvalue weighted by molar-refractivity contribution is 0.115. The van der Waals surface area contributed by atoms with Crippen LogP contribution >= 0.6 is 0 Å². The van der Waals surface area contributed by atoms with Gasteiger partial charge in [-0.25, -0.2) is 0 Å². The van der Waals surface area contributed by atoms with E-state index in [1.165, 1.54) is 0 Å². The highest BCUT2D eigenvalue weighted by Gasteiger charge is 2.21. The second kappa shape index (κ2) is 7.05. The van der Waals surface area contributed by atoms with Gasteiger partial charge < -0.3 is 4.90 Å². The van der Waals surface area contributed by atoms with Gasteiger partial charge in [-0.2, -0.15) is 0 Å². The van der Waals surface area contributed by atoms with E-state index in [-0.39, 0.29) is 5.56 Å². The molecule has 0 unspecified atom stereocenters. The molecule has 3 aromatic rings. The Morgan fingerprint density at radius 2 is 1.78 bits per heavy atom. The zero-order valence-electron chi connectivity index (χ0n) is 16.6. The second-order valence-corrected chi connectivity index (χ2v) is 8.11. The summed E-state index contributed by atoms with van der Waals surface area (Å²) in [6.45, 7) is 12.7. The fourth-order valence-corrected chi connectivity index (χ4v) is 4.01. The van der Waals surface area contributed by atoms with Crippen molar-refractivity contribution in [2.45, 2.75) is 27.3 Å². The van der Waals surface area contributed by atoms with Gasteiger partial charge in [-0.15, -0.1) is 10.2 Å². The van der Waals surface area contributed by atoms with Crippen LogP contribution < -0.4 is 5.56 Å². The predicted molar refractivity (Wildman–Crippen MR) is 107 cm³/mol. The molecule has 7 heteroatoms. The highest BCUT2D eigenvalue weighted by atomic mass is 16.1. The summed E-state index contributed by atoms with van der Waals surface area (Å²) < 4.78 is 3.63. The average Bonchev–Trinajstić information content (AvgIpc) is 3.05. The summed E-state index contributed by atoms with van der Waals surface area (Å²) in [7, 11) is 1.77. The molecule has 0 N–H and O–H groups in total. The molecule has 7 nitrogen and oxygen atoms in total. The minimum atomic E-state index is -0.0255. The Morgan fingerprint density at radius 1 is 1.07 bits per heavy atom. The van der Waals surface area contributed by atoms with E-state index in [1.807, 2.05) is 29.5 Å². The van der Waals surface area contributed by atoms with Crippen LogP contribution in [0.25, 0.3) is 16.7 Å². The Hall–Kier alpha value is -2.25. The van der Waals surface area contributed by atoms with Crippen LogP contribution in [0.5, 0.6) is 0 Å². The highest BCUT2D eigenvalue weighted by Crippen LogP contribution is 2.17. The summed E-state index contributed by atoms with van der Waals surface area (Å²) in [5.41, 5.74) is 1.94. The summed E-state index contributed by atoms with van der Waals surface area (Å²) >= 11 is 0. The molecule has 3 heterocycles. The number of aromatic nitrogens is 4. The number of hydrogen-bond donors (Lipinski definition) is 0. The van der Waals surface area contributed by atoms with Crippen molar-refractivity contribution >= 4 is 16.7 Å². The van der Waals surface area contributed by atoms with Gasteiger partial charge in [-0.1, -0.05) is 25.5 Å². The monoisotopic (exact) mass is 368 g/mol. The maximum atomic E-state index is 12.7. The minimum absolute atomic E-state index is 0.0255. The third kappa shape index (κ3) is 3.37. The molecule has 1 aliphatic rings. The van der Waals surface area contributed by atoms with E-state index < -0.39 is 0 Å². The van der Waals surface area contributed by atoms with E-state index in [0.717, 1.165) is 56.2 Å². The van der Waals surface area contributed by atoms with Crippen molar-refractivity contribution in [3.8, 4) is 0 Å². The first kappa shape index (κ1) is 18.1. The first-order chi connectivity index (χ1) is 12.9. The van der Waals surface area contributed by atoms with E-state index in [2.05, 4.69) is 33.8 Å². The Kier molecular flexibility index (Phi) is 4.74. The molecule has 2 aromatic heterocycles. The molecular weight excluding hydrogens is 340 g/mol. The number of piperazine rings is 1. The maximum Gasteiger partial charge on any atom is 0.262 e. The lowest BCUT2D eigenvalue weighted by Crippen LogP contribution is -2.47. The minimum Gasteiger partial charge on any atom is -0.301 e. The molecule has 0 bridgehead atoms. The van der Waals surface area contributed by atoms with E-state index in [1.54, 1.807) is 11.6 Å². The fourth-order valence-electron chi connectivity index (χ4n) is 4.01. The largest absolute Gasteiger partial charge is 0.301 e. The zero-order valence-corrected chi connectivity index (χ0v) is 16.6. The van der Waals surface area contributed by atoms with Crippen molar-refractivity contribution in [2.24, 2.45) is 13.0 Å². The van der Waals surface area contributed by atoms with E-state index in [4.69, 9.17) is 0 Å². The number of benzene rings is 1. The van der Waals surface area contributed by atoms with Gasteiger partial charge in [-0.05, 0) is 25.0 Å². The Morgan fingerprint density at radius 3 is 2.48 bits per heavy atom. The quantitative estimate of drug-likeness (QED) is 0.701. The topological polar surface area (TPSA) is 58.7 Å². The lowest BCUT2D eigenvalue weighted by Gasteiger charge is -2.35. The Labute approximate surface area is 159 Å². The number of hydrogen-bond acceptors (Lipinski definition) is 5. The number of nitrogens with zero attached hydrogens (tertiary/aromatic N) is 6. The first-order valence-electron chi connectivity index (χ1n) is 9.72. The van der Waals surface area contributed by atoms with Crippen molar-refractivity contribution in [2.75, 3.05) is 32.7 Å². The van der Waals surface area contributed by atoms with Crippen LogP contribution in [0.15, 0.2) is 23.0 Å². The van der Waals surface area contributed by atoms with E-state index >= 15 is 0 Å². The highest BCUT2D eigenvalue weighted by molar-refractivity contribution is 5.81. The summed E-state index contributed by atoms with van der Waals surface area (Å²) in [6, 6.07) is 5.99. The molecule has 1 aliphatic heterocycles. The van der Waals surface area contributed by atoms with Gasteiger partial charge in [0.15, 0.2) is 5.82 Å². The van der Waals surface area contributed by atoms with Crippen LogP contribution in [0.4, 0.5) is 0 Å². The van der Waals surface area contributed by atoms with Crippen molar-refractivity contribution in [1.82, 2.24) is 29.0 Å². The normalized spacial score (nSPS) is 16.8. The summed E-state index contributed by atoms with van der Waals surface area (Å²) in [5.74, 6) is 2.20. The number of aryl methyl sites for hydroxylation is 2. The standard InChI is InChI=1S/C20H28N6O/c1-14(2)12-24-7-9-25(10-8-24)13-18-21-22-20-23(4)19(27)16-11-15(3)5-6-17(16)26(18)20/h5-6,11,14H,7-10,12-13H2,1-4H3. The smallest absolute Gasteiger partial charge is 0.262 e. The van der Waals surface area contributed by atoms with E-state index in [0.29, 0.717) is 17.1 Å². The zero-order chi connectivity index (χ0) is 19.1. The van der Waals surface area contributed by atoms with Crippen molar-refractivity contribution in [3.63, 3.8) is 0 Å². The predicted octanol–water partition coefficient (Wildman–Crippen LogP) is 1.66. The third-order valence-electron chi connectivity index (χ3n) is 5.39. The van der Waals surface area contributed by atoms with Gasteiger partial charge >= 0.3 is 0 Å². The van der Waals surface area contributed by atoms with Crippen LogP contribution in [0, 0.1) is 12.8 Å². The molecule has 144 valence electrons. The average molecular weight is 368 g/mol. The summed E-state index contributed by atoms with van der Waals surface area (Å²) in [6.07, 6.45) is 0. The molecule has 0 aliphatic carbocycles. The third-order valence-corrected chi connectivity index (χ3v) is 5.39. The van der Waals surface area contributed by atoms with Crippen LogP contribution in [-0.4, -0.2) is 61.7 Å². The maximum absolute atomic E-state index is 12.7. The summed E-state index contributed by atoms with van der Waals surface area (Å²) in [4.78, 5) is 17.6. The molecule has 0 saturated carbocycles. The van der Waals surface area contributed by atoms with Crippen LogP contribution in [0.1, 0.15) is 25.2 Å². The van der Waals surface area contributed by atoms with Gasteiger partial charge in [0.05, 0.1) is 17.4 Å². The molecule has 4 rings (SSSR count). The van der Waals surface area contributed by atoms with E-state index in [9.17, 15) is 4.79 Å². The van der Waals surface area contributed by atoms with Crippen LogP contribution in [-0.2, 0) is 13.6 Å². The molecule has 0 radical (unpaired) electrons. The first-order valence-corrected chi connectivity index (χ1v) is 9.72. The molecular formula is C20H28N6O. The van der Waals surface area contributed by atoms with Gasteiger partial charge in [0.1, 0.15) is 0 Å². The van der Waals surface area contributed by atoms with Gasteiger partial charge in [0.25, 0.3) is 5.56 Å². The Bertz CT molecular complexity index is 1030. The number of rotatable bonds is 4.